The van der Waals surface area contributed by atoms with Gasteiger partial charge in [0, 0.05) is 34.7 Å². The highest BCUT2D eigenvalue weighted by Gasteiger charge is 1.94. The van der Waals surface area contributed by atoms with Gasteiger partial charge in [0.1, 0.15) is 0 Å². The van der Waals surface area contributed by atoms with Gasteiger partial charge in [-0.05, 0) is 0 Å². The molecule has 0 fully saturated rings. The summed E-state index contributed by atoms with van der Waals surface area (Å²) in [6.45, 7) is 1.38. The minimum Gasteiger partial charge on any atom is -0.307 e. The van der Waals surface area contributed by atoms with Crippen molar-refractivity contribution in [3.63, 3.8) is 0 Å². The molecule has 1 heterocycles. The molecular formula is C7H8Cl2N2S. The second-order valence-electron chi connectivity index (χ2n) is 2.13. The van der Waals surface area contributed by atoms with Crippen LogP contribution >= 0.6 is 34.5 Å². The zero-order valence-corrected chi connectivity index (χ0v) is 8.59. The molecule has 1 aromatic heterocycles. The maximum absolute atomic E-state index is 5.66. The molecule has 0 unspecified atom stereocenters. The molecule has 1 N–H and O–H groups in total. The molecule has 0 radical (unpaired) electrons. The highest BCUT2D eigenvalue weighted by Crippen LogP contribution is 2.05. The summed E-state index contributed by atoms with van der Waals surface area (Å²) in [5.74, 6) is 0. The average molecular weight is 223 g/mol. The lowest BCUT2D eigenvalue weighted by Crippen LogP contribution is -2.13. The Morgan fingerprint density at radius 2 is 2.58 bits per heavy atom. The summed E-state index contributed by atoms with van der Waals surface area (Å²) in [4.78, 5) is 5.13. The maximum Gasteiger partial charge on any atom is 0.0794 e. The Balaban J connectivity index is 2.19. The number of halogens is 2. The van der Waals surface area contributed by atoms with Crippen molar-refractivity contribution < 1.29 is 0 Å². The summed E-state index contributed by atoms with van der Waals surface area (Å²) in [5.41, 5.74) is 3.16. The molecule has 5 heteroatoms. The van der Waals surface area contributed by atoms with Crippen molar-refractivity contribution in [3.05, 3.63) is 27.2 Å². The van der Waals surface area contributed by atoms with Crippen LogP contribution < -0.4 is 5.32 Å². The smallest absolute Gasteiger partial charge is 0.0794 e. The Morgan fingerprint density at radius 1 is 1.75 bits per heavy atom. The van der Waals surface area contributed by atoms with Crippen molar-refractivity contribution in [2.45, 2.75) is 6.54 Å². The molecule has 0 saturated carbocycles. The minimum absolute atomic E-state index is 0.600. The molecule has 0 aromatic carbocycles. The first kappa shape index (κ1) is 9.99. The van der Waals surface area contributed by atoms with Gasteiger partial charge in [-0.1, -0.05) is 23.2 Å². The number of nitrogens with zero attached hydrogens (tertiary/aromatic N) is 1. The second kappa shape index (κ2) is 5.54. The van der Waals surface area contributed by atoms with Gasteiger partial charge in [0.25, 0.3) is 0 Å². The molecular weight excluding hydrogens is 215 g/mol. The summed E-state index contributed by atoms with van der Waals surface area (Å²) in [6, 6.07) is 0. The van der Waals surface area contributed by atoms with Gasteiger partial charge in [-0.25, -0.2) is 0 Å². The van der Waals surface area contributed by atoms with Crippen LogP contribution in [0, 0.1) is 0 Å². The van der Waals surface area contributed by atoms with Crippen LogP contribution in [0.15, 0.2) is 22.3 Å². The highest BCUT2D eigenvalue weighted by molar-refractivity contribution is 7.09. The summed E-state index contributed by atoms with van der Waals surface area (Å²) >= 11 is 12.6. The Hall–Kier alpha value is -0.0900. The number of hydrogen-bond acceptors (Lipinski definition) is 3. The zero-order chi connectivity index (χ0) is 8.81. The summed E-state index contributed by atoms with van der Waals surface area (Å²) in [5, 5.41) is 3.74. The molecule has 2 nitrogen and oxygen atoms in total. The monoisotopic (exact) mass is 222 g/mol. The van der Waals surface area contributed by atoms with E-state index < -0.39 is 0 Å². The molecule has 0 saturated heterocycles. The van der Waals surface area contributed by atoms with Gasteiger partial charge in [0.2, 0.25) is 0 Å². The van der Waals surface area contributed by atoms with Crippen LogP contribution in [0.25, 0.3) is 0 Å². The van der Waals surface area contributed by atoms with Crippen LogP contribution in [0.3, 0.4) is 0 Å². The van der Waals surface area contributed by atoms with Gasteiger partial charge in [-0.2, -0.15) is 0 Å². The summed E-state index contributed by atoms with van der Waals surface area (Å²) < 4.78 is 0. The van der Waals surface area contributed by atoms with Gasteiger partial charge >= 0.3 is 0 Å². The van der Waals surface area contributed by atoms with E-state index in [9.17, 15) is 0 Å². The molecule has 0 atom stereocenters. The average Bonchev–Trinajstić information content (AvgIpc) is 2.57. The fourth-order valence-electron chi connectivity index (χ4n) is 0.673. The van der Waals surface area contributed by atoms with Crippen molar-refractivity contribution >= 4 is 34.5 Å². The van der Waals surface area contributed by atoms with Crippen molar-refractivity contribution in [1.82, 2.24) is 10.3 Å². The predicted molar refractivity (Wildman–Crippen MR) is 53.6 cm³/mol. The van der Waals surface area contributed by atoms with Crippen LogP contribution in [0.5, 0.6) is 0 Å². The third kappa shape index (κ3) is 3.54. The van der Waals surface area contributed by atoms with E-state index in [1.165, 1.54) is 10.4 Å². The van der Waals surface area contributed by atoms with Crippen LogP contribution in [-0.2, 0) is 6.54 Å². The fraction of sp³-hybridized carbons (Fsp3) is 0.286. The summed E-state index contributed by atoms with van der Waals surface area (Å²) in [6.07, 6.45) is 1.83. The van der Waals surface area contributed by atoms with Crippen molar-refractivity contribution in [1.29, 1.82) is 0 Å². The lowest BCUT2D eigenvalue weighted by Gasteiger charge is -1.99. The number of nitrogens with one attached hydrogen (secondary N) is 1. The molecule has 0 amide bonds. The molecule has 1 aromatic rings. The van der Waals surface area contributed by atoms with Crippen molar-refractivity contribution in [3.8, 4) is 0 Å². The normalized spacial score (nSPS) is 12.0. The standard InChI is InChI=1S/C7H8Cl2N2S/c8-1-6(9)2-10-3-7-4-11-5-12-7/h1,4-5,10H,2-3H2/b6-1+. The molecule has 0 spiro atoms. The molecule has 0 aliphatic heterocycles. The van der Waals surface area contributed by atoms with E-state index in [4.69, 9.17) is 23.2 Å². The third-order valence-corrected chi connectivity index (χ3v) is 2.59. The molecule has 66 valence electrons. The van der Waals surface area contributed by atoms with Crippen LogP contribution in [-0.4, -0.2) is 11.5 Å². The van der Waals surface area contributed by atoms with Crippen LogP contribution in [0.2, 0.25) is 0 Å². The van der Waals surface area contributed by atoms with E-state index in [0.29, 0.717) is 11.6 Å². The maximum atomic E-state index is 5.66. The van der Waals surface area contributed by atoms with Gasteiger partial charge in [0.15, 0.2) is 0 Å². The van der Waals surface area contributed by atoms with E-state index in [1.54, 1.807) is 16.8 Å². The van der Waals surface area contributed by atoms with Gasteiger partial charge in [-0.3, -0.25) is 4.98 Å². The van der Waals surface area contributed by atoms with Crippen LogP contribution in [0.1, 0.15) is 4.88 Å². The first-order valence-corrected chi connectivity index (χ1v) is 5.05. The Kier molecular flexibility index (Phi) is 4.61. The van der Waals surface area contributed by atoms with Crippen LogP contribution in [0.4, 0.5) is 0 Å². The third-order valence-electron chi connectivity index (χ3n) is 1.19. The quantitative estimate of drug-likeness (QED) is 0.848. The van der Waals surface area contributed by atoms with E-state index in [1.807, 2.05) is 6.20 Å². The van der Waals surface area contributed by atoms with Gasteiger partial charge in [0.05, 0.1) is 5.51 Å². The predicted octanol–water partition coefficient (Wildman–Crippen LogP) is 2.55. The zero-order valence-electron chi connectivity index (χ0n) is 6.26. The van der Waals surface area contributed by atoms with Crippen molar-refractivity contribution in [2.75, 3.05) is 6.54 Å². The number of rotatable bonds is 4. The fourth-order valence-corrected chi connectivity index (χ4v) is 1.41. The van der Waals surface area contributed by atoms with Crippen molar-refractivity contribution in [2.24, 2.45) is 0 Å². The lowest BCUT2D eigenvalue weighted by atomic mass is 10.5. The Bertz CT molecular complexity index is 246. The molecule has 1 rings (SSSR count). The largest absolute Gasteiger partial charge is 0.307 e. The van der Waals surface area contributed by atoms with E-state index in [-0.39, 0.29) is 0 Å². The van der Waals surface area contributed by atoms with Gasteiger partial charge < -0.3 is 5.32 Å². The first-order chi connectivity index (χ1) is 5.83. The molecule has 0 aliphatic rings. The van der Waals surface area contributed by atoms with E-state index >= 15 is 0 Å². The number of thiazole rings is 1. The topological polar surface area (TPSA) is 24.9 Å². The van der Waals surface area contributed by atoms with E-state index in [0.717, 1.165) is 6.54 Å². The Morgan fingerprint density at radius 3 is 3.17 bits per heavy atom. The highest BCUT2D eigenvalue weighted by atomic mass is 35.5. The van der Waals surface area contributed by atoms with Gasteiger partial charge in [-0.15, -0.1) is 11.3 Å². The minimum atomic E-state index is 0.600. The molecule has 12 heavy (non-hydrogen) atoms. The SMILES string of the molecule is Cl/C=C(/Cl)CNCc1cncs1. The summed E-state index contributed by atoms with van der Waals surface area (Å²) in [7, 11) is 0. The lowest BCUT2D eigenvalue weighted by molar-refractivity contribution is 0.763. The number of aromatic nitrogens is 1. The Labute approximate surface area is 85.2 Å². The second-order valence-corrected chi connectivity index (χ2v) is 3.80. The van der Waals surface area contributed by atoms with E-state index in [2.05, 4.69) is 10.3 Å². The molecule has 0 bridgehead atoms. The first-order valence-electron chi connectivity index (χ1n) is 3.35. The number of hydrogen-bond donors (Lipinski definition) is 1. The molecule has 0 aliphatic carbocycles.